The fourth-order valence-electron chi connectivity index (χ4n) is 1.83. The Kier molecular flexibility index (Phi) is 3.62. The smallest absolute Gasteiger partial charge is 0.266 e. The van der Waals surface area contributed by atoms with Crippen molar-refractivity contribution in [3.63, 3.8) is 0 Å². The molecule has 0 spiro atoms. The lowest BCUT2D eigenvalue weighted by Gasteiger charge is -2.35. The van der Waals surface area contributed by atoms with Gasteiger partial charge in [0.05, 0.1) is 0 Å². The van der Waals surface area contributed by atoms with E-state index < -0.39 is 12.0 Å². The SMILES string of the molecule is CCNC1CCC(O)(C(F)F)CC1. The molecule has 2 nitrogen and oxygen atoms in total. The van der Waals surface area contributed by atoms with Crippen molar-refractivity contribution in [3.05, 3.63) is 0 Å². The van der Waals surface area contributed by atoms with Crippen LogP contribution in [0.2, 0.25) is 0 Å². The summed E-state index contributed by atoms with van der Waals surface area (Å²) in [4.78, 5) is 0. The van der Waals surface area contributed by atoms with Gasteiger partial charge in [0.2, 0.25) is 0 Å². The molecule has 4 heteroatoms. The second-order valence-electron chi connectivity index (χ2n) is 3.74. The van der Waals surface area contributed by atoms with Crippen LogP contribution in [0, 0.1) is 0 Å². The normalized spacial score (nSPS) is 35.3. The molecule has 0 bridgehead atoms. The first-order valence-corrected chi connectivity index (χ1v) is 4.82. The maximum Gasteiger partial charge on any atom is 0.266 e. The molecule has 0 amide bonds. The number of hydrogen-bond donors (Lipinski definition) is 2. The van der Waals surface area contributed by atoms with Gasteiger partial charge in [-0.1, -0.05) is 6.92 Å². The molecule has 0 heterocycles. The summed E-state index contributed by atoms with van der Waals surface area (Å²) >= 11 is 0. The lowest BCUT2D eigenvalue weighted by atomic mass is 9.82. The summed E-state index contributed by atoms with van der Waals surface area (Å²) in [6.07, 6.45) is -0.885. The molecule has 0 aromatic rings. The molecule has 1 aliphatic rings. The Hall–Kier alpha value is -0.220. The van der Waals surface area contributed by atoms with Crippen LogP contribution in [0.5, 0.6) is 0 Å². The van der Waals surface area contributed by atoms with Gasteiger partial charge in [0.1, 0.15) is 5.60 Å². The molecule has 0 aromatic heterocycles. The summed E-state index contributed by atoms with van der Waals surface area (Å²) in [6, 6.07) is 0.309. The molecule has 1 aliphatic carbocycles. The van der Waals surface area contributed by atoms with Gasteiger partial charge in [0.25, 0.3) is 6.43 Å². The van der Waals surface area contributed by atoms with E-state index in [4.69, 9.17) is 0 Å². The van der Waals surface area contributed by atoms with Crippen LogP contribution in [0.1, 0.15) is 32.6 Å². The number of rotatable bonds is 3. The minimum atomic E-state index is -2.60. The highest BCUT2D eigenvalue weighted by molar-refractivity contribution is 4.89. The topological polar surface area (TPSA) is 32.3 Å². The van der Waals surface area contributed by atoms with Gasteiger partial charge in [0.15, 0.2) is 0 Å². The molecule has 78 valence electrons. The van der Waals surface area contributed by atoms with Crippen molar-refractivity contribution < 1.29 is 13.9 Å². The minimum absolute atomic E-state index is 0.211. The molecular weight excluding hydrogens is 176 g/mol. The second-order valence-corrected chi connectivity index (χ2v) is 3.74. The Morgan fingerprint density at radius 2 is 2.00 bits per heavy atom. The third-order valence-corrected chi connectivity index (χ3v) is 2.75. The zero-order valence-electron chi connectivity index (χ0n) is 7.89. The van der Waals surface area contributed by atoms with E-state index in [1.54, 1.807) is 0 Å². The van der Waals surface area contributed by atoms with E-state index in [-0.39, 0.29) is 12.8 Å². The van der Waals surface area contributed by atoms with Gasteiger partial charge in [-0.3, -0.25) is 0 Å². The fourth-order valence-corrected chi connectivity index (χ4v) is 1.83. The van der Waals surface area contributed by atoms with Gasteiger partial charge in [-0.2, -0.15) is 0 Å². The molecule has 2 N–H and O–H groups in total. The molecule has 1 saturated carbocycles. The summed E-state index contributed by atoms with van der Waals surface area (Å²) in [7, 11) is 0. The van der Waals surface area contributed by atoms with Crippen LogP contribution in [0.3, 0.4) is 0 Å². The van der Waals surface area contributed by atoms with E-state index in [1.165, 1.54) is 0 Å². The Bertz CT molecular complexity index is 156. The van der Waals surface area contributed by atoms with Gasteiger partial charge < -0.3 is 10.4 Å². The third-order valence-electron chi connectivity index (χ3n) is 2.75. The zero-order chi connectivity index (χ0) is 9.90. The Balaban J connectivity index is 2.37. The van der Waals surface area contributed by atoms with Crippen molar-refractivity contribution in [3.8, 4) is 0 Å². The molecule has 0 aromatic carbocycles. The predicted octanol–water partition coefficient (Wildman–Crippen LogP) is 1.53. The first-order valence-electron chi connectivity index (χ1n) is 4.82. The summed E-state index contributed by atoms with van der Waals surface area (Å²) in [5.74, 6) is 0. The predicted molar refractivity (Wildman–Crippen MR) is 46.9 cm³/mol. The van der Waals surface area contributed by atoms with Crippen molar-refractivity contribution in [2.75, 3.05) is 6.54 Å². The summed E-state index contributed by atoms with van der Waals surface area (Å²) < 4.78 is 24.7. The first kappa shape index (κ1) is 10.9. The molecule has 1 rings (SSSR count). The van der Waals surface area contributed by atoms with Crippen LogP contribution in [-0.2, 0) is 0 Å². The fraction of sp³-hybridized carbons (Fsp3) is 1.00. The van der Waals surface area contributed by atoms with E-state index in [1.807, 2.05) is 6.92 Å². The Morgan fingerprint density at radius 1 is 1.46 bits per heavy atom. The summed E-state index contributed by atoms with van der Waals surface area (Å²) in [6.45, 7) is 2.85. The minimum Gasteiger partial charge on any atom is -0.384 e. The maximum absolute atomic E-state index is 12.3. The van der Waals surface area contributed by atoms with Gasteiger partial charge in [0, 0.05) is 6.04 Å². The highest BCUT2D eigenvalue weighted by atomic mass is 19.3. The molecular formula is C9H17F2NO. The molecule has 13 heavy (non-hydrogen) atoms. The number of nitrogens with one attached hydrogen (secondary N) is 1. The molecule has 0 aliphatic heterocycles. The number of alkyl halides is 2. The Morgan fingerprint density at radius 3 is 2.38 bits per heavy atom. The van der Waals surface area contributed by atoms with Crippen LogP contribution < -0.4 is 5.32 Å². The van der Waals surface area contributed by atoms with Crippen LogP contribution in [0.15, 0.2) is 0 Å². The van der Waals surface area contributed by atoms with Gasteiger partial charge in [-0.05, 0) is 32.2 Å². The average Bonchev–Trinajstić information content (AvgIpc) is 2.09. The average molecular weight is 193 g/mol. The van der Waals surface area contributed by atoms with Gasteiger partial charge >= 0.3 is 0 Å². The molecule has 0 atom stereocenters. The summed E-state index contributed by atoms with van der Waals surface area (Å²) in [5.41, 5.74) is -1.72. The van der Waals surface area contributed by atoms with E-state index in [9.17, 15) is 13.9 Å². The van der Waals surface area contributed by atoms with E-state index in [0.29, 0.717) is 18.9 Å². The number of hydrogen-bond acceptors (Lipinski definition) is 2. The van der Waals surface area contributed by atoms with Gasteiger partial charge in [-0.25, -0.2) is 8.78 Å². The lowest BCUT2D eigenvalue weighted by Crippen LogP contribution is -2.45. The molecule has 1 fully saturated rings. The Labute approximate surface area is 77.3 Å². The standard InChI is InChI=1S/C9H17F2NO/c1-2-12-7-3-5-9(13,6-4-7)8(10)11/h7-8,12-13H,2-6H2,1H3. The molecule has 0 radical (unpaired) electrons. The monoisotopic (exact) mass is 193 g/mol. The van der Waals surface area contributed by atoms with Gasteiger partial charge in [-0.15, -0.1) is 0 Å². The highest BCUT2D eigenvalue weighted by Gasteiger charge is 2.40. The van der Waals surface area contributed by atoms with Crippen molar-refractivity contribution >= 4 is 0 Å². The maximum atomic E-state index is 12.3. The van der Waals surface area contributed by atoms with E-state index in [0.717, 1.165) is 6.54 Å². The summed E-state index contributed by atoms with van der Waals surface area (Å²) in [5, 5.41) is 12.7. The zero-order valence-corrected chi connectivity index (χ0v) is 7.89. The van der Waals surface area contributed by atoms with Crippen molar-refractivity contribution in [1.82, 2.24) is 5.32 Å². The van der Waals surface area contributed by atoms with Crippen LogP contribution in [0.25, 0.3) is 0 Å². The quantitative estimate of drug-likeness (QED) is 0.712. The number of aliphatic hydroxyl groups is 1. The highest BCUT2D eigenvalue weighted by Crippen LogP contribution is 2.33. The third kappa shape index (κ3) is 2.61. The van der Waals surface area contributed by atoms with Crippen LogP contribution in [0.4, 0.5) is 8.78 Å². The second kappa shape index (κ2) is 4.33. The lowest BCUT2D eigenvalue weighted by molar-refractivity contribution is -0.119. The van der Waals surface area contributed by atoms with Crippen molar-refractivity contribution in [2.45, 2.75) is 50.7 Å². The largest absolute Gasteiger partial charge is 0.384 e. The number of halogens is 2. The van der Waals surface area contributed by atoms with Crippen molar-refractivity contribution in [2.24, 2.45) is 0 Å². The van der Waals surface area contributed by atoms with Crippen LogP contribution >= 0.6 is 0 Å². The molecule has 0 saturated heterocycles. The van der Waals surface area contributed by atoms with E-state index in [2.05, 4.69) is 5.32 Å². The van der Waals surface area contributed by atoms with E-state index >= 15 is 0 Å². The van der Waals surface area contributed by atoms with Crippen molar-refractivity contribution in [1.29, 1.82) is 0 Å². The first-order chi connectivity index (χ1) is 6.08. The molecule has 0 unspecified atom stereocenters. The van der Waals surface area contributed by atoms with Crippen LogP contribution in [-0.4, -0.2) is 29.7 Å².